The van der Waals surface area contributed by atoms with Gasteiger partial charge in [-0.2, -0.15) is 3.89 Å². The zero-order chi connectivity index (χ0) is 73.4. The van der Waals surface area contributed by atoms with E-state index in [0.717, 1.165) is 0 Å². The Morgan fingerprint density at radius 2 is 0.794 bits per heavy atom. The van der Waals surface area contributed by atoms with Crippen LogP contribution in [0.2, 0.25) is 0 Å². The first-order chi connectivity index (χ1) is 45.2. The molecule has 1 saturated heterocycles. The van der Waals surface area contributed by atoms with Crippen molar-refractivity contribution in [1.82, 2.24) is 62.1 Å². The van der Waals surface area contributed by atoms with Crippen LogP contribution in [-0.2, 0) is 62.3 Å². The Hall–Kier alpha value is -8.81. The van der Waals surface area contributed by atoms with Gasteiger partial charge in [0.25, 0.3) is 5.91 Å². The molecule has 1 fully saturated rings. The second-order valence-corrected chi connectivity index (χ2v) is 29.0. The maximum Gasteiger partial charge on any atom is 0.326 e. The van der Waals surface area contributed by atoms with Crippen molar-refractivity contribution in [1.29, 1.82) is 0 Å². The summed E-state index contributed by atoms with van der Waals surface area (Å²) in [5.74, 6) is -15.6. The number of nitrogens with zero attached hydrogens (tertiary/aromatic N) is 4. The molecule has 0 saturated carbocycles. The number of carbonyl (C=O) groups is 15. The predicted octanol–water partition coefficient (Wildman–Crippen LogP) is -1.03. The molecule has 0 bridgehead atoms. The van der Waals surface area contributed by atoms with Crippen LogP contribution in [0.1, 0.15) is 123 Å². The van der Waals surface area contributed by atoms with Gasteiger partial charge in [-0.15, -0.1) is 0 Å². The predicted molar refractivity (Wildman–Crippen MR) is 344 cm³/mol. The molecule has 8 amide bonds. The number of halogens is 1. The summed E-state index contributed by atoms with van der Waals surface area (Å²) in [6.45, 7) is 9.20. The number of carboxylic acids is 8. The van der Waals surface area contributed by atoms with E-state index in [1.807, 2.05) is 10.6 Å². The molecule has 97 heavy (non-hydrogen) atoms. The van der Waals surface area contributed by atoms with Crippen molar-refractivity contribution in [3.8, 4) is 0 Å². The molecule has 1 heterocycles. The van der Waals surface area contributed by atoms with Crippen molar-refractivity contribution in [3.05, 3.63) is 29.8 Å². The molecule has 0 radical (unpaired) electrons. The van der Waals surface area contributed by atoms with Crippen LogP contribution in [0.4, 0.5) is 8.68 Å². The second-order valence-electron chi connectivity index (χ2n) is 25.0. The minimum absolute atomic E-state index is 0.00567. The summed E-state index contributed by atoms with van der Waals surface area (Å²) in [6.07, 6.45) is -3.01. The Labute approximate surface area is 561 Å². The highest BCUT2D eigenvalue weighted by molar-refractivity contribution is 8.31. The fraction of sp³-hybridized carbons (Fsp3) is 0.650. The first-order valence-corrected chi connectivity index (χ1v) is 32.8. The topological polar surface area (TPSA) is 527 Å². The van der Waals surface area contributed by atoms with Gasteiger partial charge in [-0.25, -0.2) is 24.0 Å². The van der Waals surface area contributed by atoms with Gasteiger partial charge in [0.05, 0.1) is 26.2 Å². The first kappa shape index (κ1) is 84.3. The van der Waals surface area contributed by atoms with E-state index in [0.29, 0.717) is 4.90 Å². The van der Waals surface area contributed by atoms with Gasteiger partial charge in [0.1, 0.15) is 30.2 Å². The lowest BCUT2D eigenvalue weighted by Crippen LogP contribution is -2.56. The third-order valence-corrected chi connectivity index (χ3v) is 19.5. The molecule has 1 aliphatic heterocycles. The van der Waals surface area contributed by atoms with E-state index >= 15 is 3.89 Å². The summed E-state index contributed by atoms with van der Waals surface area (Å²) in [5, 5.41) is 94.9. The fourth-order valence-corrected chi connectivity index (χ4v) is 14.0. The summed E-state index contributed by atoms with van der Waals surface area (Å²) in [6, 6.07) is -3.65. The standard InChI is InChI=1S/C60H95FN12O23S/c1-59(2,3)97(61,60(4,5)6)38-14-12-37(13-15-38)52(86)67-43(32-64-47(77)33-70-24-26-71(34-49(80)81)28-30-73(36-51(84)85)31-29-72(27-25-70)35-50(82)83)53(87)66-40(55(90)91)10-7-8-22-62-44(74)19-20-45(75)63-23-9-11-39(54(88)89)65-46(76)18-16-41(56(92)93)68-58(96)69-42(57(94)95)17-21-48(78)79/h12-15,39-43H,7-11,16-36H2,1-6H3,(H,62,74)(H,63,75)(H,64,77)(H,65,76)(H,66,87)(H,67,86)(H,78,79)(H,80,81)(H,82,83)(H,84,85)(H,88,89)(H,90,91)(H,92,93)(H,94,95)(H2,68,69,96)/t39?,40?,41-,42-,43?/m0/s1. The number of benzene rings is 1. The average molecular weight is 1400 g/mol. The molecule has 0 aromatic heterocycles. The number of hydrogen-bond acceptors (Lipinski definition) is 19. The fourth-order valence-electron chi connectivity index (χ4n) is 10.2. The molecule has 5 atom stereocenters. The summed E-state index contributed by atoms with van der Waals surface area (Å²) in [4.78, 5) is 192. The molecule has 546 valence electrons. The summed E-state index contributed by atoms with van der Waals surface area (Å²) in [5.41, 5.74) is -0.00567. The monoisotopic (exact) mass is 1400 g/mol. The normalized spacial score (nSPS) is 15.7. The van der Waals surface area contributed by atoms with E-state index in [9.17, 15) is 108 Å². The lowest BCUT2D eigenvalue weighted by Gasteiger charge is -2.52. The number of rotatable bonds is 40. The Morgan fingerprint density at radius 1 is 0.412 bits per heavy atom. The lowest BCUT2D eigenvalue weighted by molar-refractivity contribution is -0.142. The highest BCUT2D eigenvalue weighted by Crippen LogP contribution is 2.73. The van der Waals surface area contributed by atoms with Crippen LogP contribution in [0.25, 0.3) is 0 Å². The maximum absolute atomic E-state index is 17.1. The zero-order valence-electron chi connectivity index (χ0n) is 55.4. The second kappa shape index (κ2) is 41.3. The van der Waals surface area contributed by atoms with Gasteiger partial charge < -0.3 is 83.4 Å². The minimum atomic E-state index is -3.03. The molecular formula is C60H95FN12O23S. The molecule has 37 heteroatoms. The van der Waals surface area contributed by atoms with Gasteiger partial charge in [-0.1, -0.05) is 10.4 Å². The lowest BCUT2D eigenvalue weighted by atomic mass is 10.1. The Morgan fingerprint density at radius 3 is 1.20 bits per heavy atom. The van der Waals surface area contributed by atoms with Gasteiger partial charge in [0.15, 0.2) is 0 Å². The van der Waals surface area contributed by atoms with Gasteiger partial charge in [0, 0.05) is 118 Å². The van der Waals surface area contributed by atoms with Crippen molar-refractivity contribution in [3.63, 3.8) is 0 Å². The summed E-state index contributed by atoms with van der Waals surface area (Å²) in [7, 11) is -3.03. The van der Waals surface area contributed by atoms with E-state index in [1.54, 1.807) is 61.1 Å². The van der Waals surface area contributed by atoms with E-state index < -0.39 is 185 Å². The van der Waals surface area contributed by atoms with Crippen molar-refractivity contribution < 1.29 is 117 Å². The number of amides is 8. The van der Waals surface area contributed by atoms with E-state index in [-0.39, 0.29) is 129 Å². The largest absolute Gasteiger partial charge is 0.481 e. The van der Waals surface area contributed by atoms with Crippen LogP contribution in [0.3, 0.4) is 0 Å². The third kappa shape index (κ3) is 32.2. The van der Waals surface area contributed by atoms with Crippen LogP contribution in [0, 0.1) is 0 Å². The zero-order valence-corrected chi connectivity index (χ0v) is 56.2. The van der Waals surface area contributed by atoms with E-state index in [4.69, 9.17) is 5.11 Å². The highest BCUT2D eigenvalue weighted by Gasteiger charge is 2.48. The molecular weight excluding hydrogens is 1310 g/mol. The molecule has 1 aromatic rings. The van der Waals surface area contributed by atoms with Crippen LogP contribution in [0.5, 0.6) is 0 Å². The van der Waals surface area contributed by atoms with Gasteiger partial charge in [-0.05, 0) is 111 Å². The van der Waals surface area contributed by atoms with Crippen molar-refractivity contribution in [2.75, 3.05) is 98.2 Å². The maximum atomic E-state index is 17.1. The number of nitrogens with one attached hydrogen (secondary N) is 8. The Bertz CT molecular complexity index is 2870. The quantitative estimate of drug-likeness (QED) is 0.0350. The van der Waals surface area contributed by atoms with Gasteiger partial charge >= 0.3 is 53.8 Å². The van der Waals surface area contributed by atoms with Gasteiger partial charge in [0.2, 0.25) is 29.5 Å². The molecule has 3 unspecified atom stereocenters. The smallest absolute Gasteiger partial charge is 0.326 e. The first-order valence-electron chi connectivity index (χ1n) is 31.3. The Kier molecular flexibility index (Phi) is 35.9. The molecule has 35 nitrogen and oxygen atoms in total. The number of unbranched alkanes of at least 4 members (excludes halogenated alkanes) is 1. The SMILES string of the molecule is CC(C)(C)S(F)(c1ccc(C(=O)NC(CNC(=O)CN2CCN(CC(=O)O)CCN(CC(=O)O)CCN(CC(=O)O)CC2)C(=O)NC(CCCCNC(=O)CCC(=O)NCCCC(NC(=O)CC[C@H](NC(=O)N[C@@H](CCC(=O)O)C(=O)O)C(=O)O)C(=O)O)C(=O)O)cc1)C(C)(C)C. The summed E-state index contributed by atoms with van der Waals surface area (Å²) < 4.78 is 15.5. The summed E-state index contributed by atoms with van der Waals surface area (Å²) >= 11 is 0. The van der Waals surface area contributed by atoms with Crippen LogP contribution in [-0.4, -0.2) is 288 Å². The number of hydrogen-bond donors (Lipinski definition) is 16. The minimum Gasteiger partial charge on any atom is -0.481 e. The molecule has 1 aromatic carbocycles. The van der Waals surface area contributed by atoms with Crippen molar-refractivity contribution in [2.24, 2.45) is 0 Å². The average Bonchev–Trinajstić information content (AvgIpc) is 0.749. The van der Waals surface area contributed by atoms with Crippen LogP contribution >= 0.6 is 10.4 Å². The van der Waals surface area contributed by atoms with Crippen molar-refractivity contribution >= 4 is 99.6 Å². The number of aliphatic carboxylic acids is 8. The molecule has 0 aliphatic carbocycles. The van der Waals surface area contributed by atoms with E-state index in [2.05, 4.69) is 31.9 Å². The molecule has 2 rings (SSSR count). The molecule has 16 N–H and O–H groups in total. The molecule has 0 spiro atoms. The van der Waals surface area contributed by atoms with Crippen LogP contribution in [0.15, 0.2) is 29.2 Å². The van der Waals surface area contributed by atoms with Gasteiger partial charge in [-0.3, -0.25) is 67.5 Å². The highest BCUT2D eigenvalue weighted by atomic mass is 32.3. The number of carboxylic acid groups (broad SMARTS) is 8. The number of urea groups is 1. The number of carbonyl (C=O) groups excluding carboxylic acids is 7. The Balaban J connectivity index is 2.09. The van der Waals surface area contributed by atoms with Crippen LogP contribution < -0.4 is 42.5 Å². The third-order valence-electron chi connectivity index (χ3n) is 15.2. The van der Waals surface area contributed by atoms with E-state index in [1.165, 1.54) is 24.3 Å². The van der Waals surface area contributed by atoms with Crippen molar-refractivity contribution in [2.45, 2.75) is 157 Å². The molecule has 1 aliphatic rings.